The highest BCUT2D eigenvalue weighted by Crippen LogP contribution is 2.51. The number of anilines is 2. The lowest BCUT2D eigenvalue weighted by molar-refractivity contribution is 0.0696. The van der Waals surface area contributed by atoms with Crippen LogP contribution in [0.2, 0.25) is 0 Å². The zero-order chi connectivity index (χ0) is 20.9. The number of carboxylic acids is 1. The Labute approximate surface area is 180 Å². The maximum atomic E-state index is 11.5. The van der Waals surface area contributed by atoms with Crippen molar-refractivity contribution in [3.8, 4) is 11.5 Å². The van der Waals surface area contributed by atoms with E-state index in [4.69, 9.17) is 4.74 Å². The van der Waals surface area contributed by atoms with E-state index in [0.717, 1.165) is 42.3 Å². The number of ether oxygens (including phenoxy) is 1. The van der Waals surface area contributed by atoms with Crippen LogP contribution in [0.25, 0.3) is 0 Å². The number of rotatable bonds is 4. The van der Waals surface area contributed by atoms with Gasteiger partial charge >= 0.3 is 5.97 Å². The molecule has 7 nitrogen and oxygen atoms in total. The normalized spacial score (nSPS) is 24.4. The lowest BCUT2D eigenvalue weighted by atomic mass is 9.93. The van der Waals surface area contributed by atoms with E-state index in [9.17, 15) is 9.90 Å². The minimum absolute atomic E-state index is 0.242. The third-order valence-electron chi connectivity index (χ3n) is 6.92. The Morgan fingerprint density at radius 3 is 2.58 bits per heavy atom. The fraction of sp³-hybridized carbons (Fsp3) is 0.333. The number of carbonyl (C=O) groups is 1. The zero-order valence-electron chi connectivity index (χ0n) is 17.1. The molecule has 0 radical (unpaired) electrons. The largest absolute Gasteiger partial charge is 0.478 e. The summed E-state index contributed by atoms with van der Waals surface area (Å²) < 4.78 is 6.12. The summed E-state index contributed by atoms with van der Waals surface area (Å²) in [5.41, 5.74) is 2.25. The van der Waals surface area contributed by atoms with Crippen molar-refractivity contribution in [2.24, 2.45) is 0 Å². The van der Waals surface area contributed by atoms with Gasteiger partial charge in [-0.05, 0) is 56.0 Å². The Hall–Kier alpha value is -3.32. The van der Waals surface area contributed by atoms with Crippen LogP contribution >= 0.6 is 0 Å². The minimum Gasteiger partial charge on any atom is -0.478 e. The van der Waals surface area contributed by atoms with E-state index >= 15 is 0 Å². The number of nitrogens with one attached hydrogen (secondary N) is 1. The molecule has 31 heavy (non-hydrogen) atoms. The first kappa shape index (κ1) is 18.4. The molecule has 2 N–H and O–H groups in total. The molecule has 2 bridgehead atoms. The number of imidazole rings is 1. The van der Waals surface area contributed by atoms with Gasteiger partial charge in [0.25, 0.3) is 0 Å². The molecule has 2 saturated heterocycles. The van der Waals surface area contributed by atoms with Gasteiger partial charge in [0.05, 0.1) is 23.5 Å². The Kier molecular flexibility index (Phi) is 4.24. The standard InChI is InChI=1S/C24H24N4O3/c29-24(30)15-5-8-20-22(11-15)31-21-4-2-1-3-19(21)28(20)18-12-16-6-7-17(13-18)27(16)14-23-25-9-10-26-23/h1-5,8-11,16-18H,6-7,12-14H2,(H,25,26)(H,29,30). The first-order valence-corrected chi connectivity index (χ1v) is 10.8. The molecule has 2 fully saturated rings. The van der Waals surface area contributed by atoms with Crippen LogP contribution in [-0.4, -0.2) is 44.1 Å². The fourth-order valence-corrected chi connectivity index (χ4v) is 5.58. The first-order valence-electron chi connectivity index (χ1n) is 10.8. The highest BCUT2D eigenvalue weighted by molar-refractivity contribution is 5.90. The summed E-state index contributed by atoms with van der Waals surface area (Å²) in [6.07, 6.45) is 8.24. The lowest BCUT2D eigenvalue weighted by Crippen LogP contribution is -2.49. The van der Waals surface area contributed by atoms with Crippen LogP contribution < -0.4 is 9.64 Å². The highest BCUT2D eigenvalue weighted by Gasteiger charge is 2.44. The maximum absolute atomic E-state index is 11.5. The molecule has 6 rings (SSSR count). The molecule has 2 atom stereocenters. The van der Waals surface area contributed by atoms with Crippen molar-refractivity contribution < 1.29 is 14.6 Å². The van der Waals surface area contributed by atoms with Crippen LogP contribution in [0.3, 0.4) is 0 Å². The van der Waals surface area contributed by atoms with Crippen molar-refractivity contribution in [1.29, 1.82) is 0 Å². The van der Waals surface area contributed by atoms with Gasteiger partial charge in [0.2, 0.25) is 0 Å². The number of hydrogen-bond acceptors (Lipinski definition) is 5. The van der Waals surface area contributed by atoms with Crippen molar-refractivity contribution in [3.63, 3.8) is 0 Å². The predicted molar refractivity (Wildman–Crippen MR) is 116 cm³/mol. The van der Waals surface area contributed by atoms with Gasteiger partial charge < -0.3 is 19.7 Å². The summed E-state index contributed by atoms with van der Waals surface area (Å²) in [4.78, 5) is 24.2. The molecule has 158 valence electrons. The molecule has 2 unspecified atom stereocenters. The van der Waals surface area contributed by atoms with Gasteiger partial charge in [0.1, 0.15) is 5.82 Å². The summed E-state index contributed by atoms with van der Waals surface area (Å²) in [6, 6.07) is 14.6. The number of nitrogens with zero attached hydrogens (tertiary/aromatic N) is 3. The number of aromatic nitrogens is 2. The van der Waals surface area contributed by atoms with Crippen LogP contribution in [0.5, 0.6) is 11.5 Å². The van der Waals surface area contributed by atoms with Gasteiger partial charge in [0, 0.05) is 30.5 Å². The van der Waals surface area contributed by atoms with Crippen molar-refractivity contribution in [2.45, 2.75) is 50.4 Å². The molecule has 3 aliphatic heterocycles. The number of aromatic carboxylic acids is 1. The van der Waals surface area contributed by atoms with Crippen molar-refractivity contribution in [3.05, 3.63) is 66.2 Å². The number of para-hydroxylation sites is 2. The number of H-pyrrole nitrogens is 1. The summed E-state index contributed by atoms with van der Waals surface area (Å²) in [6.45, 7) is 0.868. The van der Waals surface area contributed by atoms with Crippen LogP contribution in [0.15, 0.2) is 54.9 Å². The van der Waals surface area contributed by atoms with E-state index in [1.807, 2.05) is 36.7 Å². The number of carboxylic acid groups (broad SMARTS) is 1. The molecular formula is C24H24N4O3. The van der Waals surface area contributed by atoms with Gasteiger partial charge in [-0.15, -0.1) is 0 Å². The lowest BCUT2D eigenvalue weighted by Gasteiger charge is -2.45. The number of benzene rings is 2. The van der Waals surface area contributed by atoms with Crippen LogP contribution in [0.1, 0.15) is 41.9 Å². The molecule has 1 aromatic heterocycles. The highest BCUT2D eigenvalue weighted by atomic mass is 16.5. The van der Waals surface area contributed by atoms with E-state index in [-0.39, 0.29) is 5.56 Å². The van der Waals surface area contributed by atoms with Crippen LogP contribution in [0, 0.1) is 0 Å². The minimum atomic E-state index is -0.943. The van der Waals surface area contributed by atoms with Crippen LogP contribution in [-0.2, 0) is 6.54 Å². The topological polar surface area (TPSA) is 81.7 Å². The smallest absolute Gasteiger partial charge is 0.335 e. The average Bonchev–Trinajstić information content (AvgIpc) is 3.37. The number of piperidine rings is 1. The molecule has 7 heteroatoms. The maximum Gasteiger partial charge on any atom is 0.335 e. The Balaban J connectivity index is 1.34. The molecule has 0 aliphatic carbocycles. The zero-order valence-corrected chi connectivity index (χ0v) is 17.1. The summed E-state index contributed by atoms with van der Waals surface area (Å²) in [5.74, 6) is 1.48. The monoisotopic (exact) mass is 416 g/mol. The first-order chi connectivity index (χ1) is 15.2. The molecular weight excluding hydrogens is 392 g/mol. The second kappa shape index (κ2) is 7.13. The second-order valence-corrected chi connectivity index (χ2v) is 8.65. The van der Waals surface area contributed by atoms with Crippen molar-refractivity contribution in [2.75, 3.05) is 4.90 Å². The SMILES string of the molecule is O=C(O)c1ccc2c(c1)Oc1ccccc1N2C1CC2CCC(C1)N2Cc1ncc[nH]1. The van der Waals surface area contributed by atoms with Gasteiger partial charge in [-0.25, -0.2) is 9.78 Å². The molecule has 0 spiro atoms. The third kappa shape index (κ3) is 3.08. The van der Waals surface area contributed by atoms with Gasteiger partial charge in [0.15, 0.2) is 11.5 Å². The Morgan fingerprint density at radius 2 is 1.84 bits per heavy atom. The number of fused-ring (bicyclic) bond motifs is 4. The third-order valence-corrected chi connectivity index (χ3v) is 6.92. The molecule has 4 heterocycles. The van der Waals surface area contributed by atoms with Crippen molar-refractivity contribution >= 4 is 17.3 Å². The molecule has 0 saturated carbocycles. The second-order valence-electron chi connectivity index (χ2n) is 8.65. The van der Waals surface area contributed by atoms with Gasteiger partial charge in [-0.3, -0.25) is 4.90 Å². The van der Waals surface area contributed by atoms with Crippen LogP contribution in [0.4, 0.5) is 11.4 Å². The Bertz CT molecular complexity index is 1120. The summed E-state index contributed by atoms with van der Waals surface area (Å²) in [7, 11) is 0. The molecule has 0 amide bonds. The molecule has 3 aliphatic rings. The number of aromatic amines is 1. The molecule has 2 aromatic carbocycles. The summed E-state index contributed by atoms with van der Waals surface area (Å²) in [5, 5.41) is 9.43. The number of hydrogen-bond donors (Lipinski definition) is 2. The van der Waals surface area contributed by atoms with Gasteiger partial charge in [-0.2, -0.15) is 0 Å². The van der Waals surface area contributed by atoms with E-state index in [2.05, 4.69) is 25.8 Å². The van der Waals surface area contributed by atoms with E-state index in [1.54, 1.807) is 12.1 Å². The molecule has 3 aromatic rings. The van der Waals surface area contributed by atoms with E-state index < -0.39 is 5.97 Å². The quantitative estimate of drug-likeness (QED) is 0.650. The predicted octanol–water partition coefficient (Wildman–Crippen LogP) is 4.55. The fourth-order valence-electron chi connectivity index (χ4n) is 5.58. The summed E-state index contributed by atoms with van der Waals surface area (Å²) >= 11 is 0. The van der Waals surface area contributed by atoms with E-state index in [0.29, 0.717) is 23.9 Å². The van der Waals surface area contributed by atoms with Gasteiger partial charge in [-0.1, -0.05) is 12.1 Å². The average molecular weight is 416 g/mol. The van der Waals surface area contributed by atoms with E-state index in [1.165, 1.54) is 12.8 Å². The van der Waals surface area contributed by atoms with Crippen molar-refractivity contribution in [1.82, 2.24) is 14.9 Å². The Morgan fingerprint density at radius 1 is 1.06 bits per heavy atom.